The molecule has 7 nitrogen and oxygen atoms in total. The van der Waals surface area contributed by atoms with Gasteiger partial charge in [0.05, 0.1) is 20.8 Å². The maximum atomic E-state index is 14.9. The minimum atomic E-state index is -0.488. The molecule has 0 unspecified atom stereocenters. The molecule has 2 fully saturated rings. The Hall–Kier alpha value is -3.69. The Morgan fingerprint density at radius 3 is 2.50 bits per heavy atom. The third kappa shape index (κ3) is 6.21. The van der Waals surface area contributed by atoms with Crippen LogP contribution in [-0.4, -0.2) is 57.6 Å². The van der Waals surface area contributed by atoms with Crippen molar-refractivity contribution in [1.82, 2.24) is 19.8 Å². The number of nitrogens with zero attached hydrogens (tertiary/aromatic N) is 4. The summed E-state index contributed by atoms with van der Waals surface area (Å²) in [5, 5.41) is 0. The number of halogens is 1. The van der Waals surface area contributed by atoms with Gasteiger partial charge in [0.1, 0.15) is 11.5 Å². The summed E-state index contributed by atoms with van der Waals surface area (Å²) in [6.07, 6.45) is 6.64. The summed E-state index contributed by atoms with van der Waals surface area (Å²) in [5.74, 6) is 0.975. The van der Waals surface area contributed by atoms with Crippen molar-refractivity contribution in [3.63, 3.8) is 0 Å². The highest BCUT2D eigenvalue weighted by Gasteiger charge is 2.24. The average Bonchev–Trinajstić information content (AvgIpc) is 3.64. The molecule has 1 saturated carbocycles. The van der Waals surface area contributed by atoms with Crippen LogP contribution in [0.5, 0.6) is 11.5 Å². The van der Waals surface area contributed by atoms with Crippen molar-refractivity contribution in [3.05, 3.63) is 71.8 Å². The predicted molar refractivity (Wildman–Crippen MR) is 153 cm³/mol. The molecule has 0 N–H and O–H groups in total. The first-order valence-electron chi connectivity index (χ1n) is 13.7. The number of piperazine rings is 1. The van der Waals surface area contributed by atoms with Crippen LogP contribution in [0.3, 0.4) is 0 Å². The molecule has 1 aliphatic carbocycles. The molecule has 206 valence electrons. The zero-order valence-corrected chi connectivity index (χ0v) is 23.3. The molecule has 0 bridgehead atoms. The molecule has 9 heteroatoms. The Kier molecular flexibility index (Phi) is 7.58. The van der Waals surface area contributed by atoms with E-state index < -0.39 is 5.82 Å². The highest BCUT2D eigenvalue weighted by atomic mass is 32.1. The minimum Gasteiger partial charge on any atom is -0.453 e. The number of thiophene rings is 1. The van der Waals surface area contributed by atoms with E-state index in [2.05, 4.69) is 16.0 Å². The molecule has 3 aromatic heterocycles. The van der Waals surface area contributed by atoms with E-state index in [1.165, 1.54) is 17.4 Å². The fourth-order valence-corrected chi connectivity index (χ4v) is 6.11. The van der Waals surface area contributed by atoms with Crippen LogP contribution in [0.25, 0.3) is 20.8 Å². The molecular weight excluding hydrogens is 527 g/mol. The molecule has 6 rings (SSSR count). The summed E-state index contributed by atoms with van der Waals surface area (Å²) in [7, 11) is 0. The molecule has 0 atom stereocenters. The molecule has 40 heavy (non-hydrogen) atoms. The number of carbonyl (C=O) groups excluding carboxylic acids is 2. The Morgan fingerprint density at radius 2 is 1.80 bits per heavy atom. The summed E-state index contributed by atoms with van der Waals surface area (Å²) < 4.78 is 21.7. The molecule has 1 saturated heterocycles. The highest BCUT2D eigenvalue weighted by molar-refractivity contribution is 7.22. The van der Waals surface area contributed by atoms with Crippen molar-refractivity contribution < 1.29 is 18.7 Å². The van der Waals surface area contributed by atoms with E-state index >= 15 is 0 Å². The van der Waals surface area contributed by atoms with Gasteiger partial charge >= 0.3 is 0 Å². The molecule has 2 aliphatic rings. The van der Waals surface area contributed by atoms with E-state index in [9.17, 15) is 14.0 Å². The fraction of sp³-hybridized carbons (Fsp3) is 0.355. The smallest absolute Gasteiger partial charge is 0.219 e. The van der Waals surface area contributed by atoms with Gasteiger partial charge in [-0.1, -0.05) is 12.1 Å². The van der Waals surface area contributed by atoms with E-state index in [1.54, 1.807) is 31.3 Å². The number of pyridine rings is 2. The number of ketones is 1. The zero-order valence-electron chi connectivity index (χ0n) is 22.4. The minimum absolute atomic E-state index is 0.118. The fourth-order valence-electron chi connectivity index (χ4n) is 5.06. The van der Waals surface area contributed by atoms with Crippen LogP contribution in [-0.2, 0) is 22.6 Å². The lowest BCUT2D eigenvalue weighted by molar-refractivity contribution is -0.130. The molecule has 4 heterocycles. The maximum absolute atomic E-state index is 14.9. The first-order valence-corrected chi connectivity index (χ1v) is 14.5. The summed E-state index contributed by atoms with van der Waals surface area (Å²) >= 11 is 1.50. The standard InChI is InChI=1S/C31H31FN4O3S/c1-20(37)36-12-10-35(11-13-36)19-23-4-6-26(34-18-23)30-17-27-31(40-30)29(8-9-33-27)39-28-7-5-22(16-25(28)32)15-24(38)14-21-2-3-21/h4-9,16-18,21H,2-3,10-15,19H2,1H3. The van der Waals surface area contributed by atoms with E-state index in [0.29, 0.717) is 23.7 Å². The summed E-state index contributed by atoms with van der Waals surface area (Å²) in [5.41, 5.74) is 3.39. The Morgan fingerprint density at radius 1 is 1.00 bits per heavy atom. The first kappa shape index (κ1) is 26.5. The second-order valence-electron chi connectivity index (χ2n) is 10.7. The first-order chi connectivity index (χ1) is 19.4. The van der Waals surface area contributed by atoms with Crippen LogP contribution >= 0.6 is 11.3 Å². The number of hydrogen-bond acceptors (Lipinski definition) is 7. The van der Waals surface area contributed by atoms with Gasteiger partial charge in [0.25, 0.3) is 0 Å². The third-order valence-corrected chi connectivity index (χ3v) is 8.67. The summed E-state index contributed by atoms with van der Waals surface area (Å²) in [6.45, 7) is 5.64. The Bertz CT molecular complexity index is 1540. The number of hydrogen-bond donors (Lipinski definition) is 0. The number of Topliss-reactive ketones (excluding diaryl/α,β-unsaturated/α-hetero) is 1. The topological polar surface area (TPSA) is 75.6 Å². The number of benzene rings is 1. The lowest BCUT2D eigenvalue weighted by Gasteiger charge is -2.34. The third-order valence-electron chi connectivity index (χ3n) is 7.51. The number of amides is 1. The van der Waals surface area contributed by atoms with Crippen LogP contribution in [0.1, 0.15) is 37.3 Å². The van der Waals surface area contributed by atoms with Crippen LogP contribution in [0.15, 0.2) is 54.9 Å². The van der Waals surface area contributed by atoms with Crippen LogP contribution in [0, 0.1) is 11.7 Å². The predicted octanol–water partition coefficient (Wildman–Crippen LogP) is 5.87. The van der Waals surface area contributed by atoms with E-state index in [4.69, 9.17) is 9.72 Å². The number of aromatic nitrogens is 2. The summed E-state index contributed by atoms with van der Waals surface area (Å²) in [4.78, 5) is 38.1. The summed E-state index contributed by atoms with van der Waals surface area (Å²) in [6, 6.07) is 12.5. The van der Waals surface area contributed by atoms with Gasteiger partial charge in [0, 0.05) is 70.9 Å². The molecule has 1 amide bonds. The van der Waals surface area contributed by atoms with Crippen molar-refractivity contribution in [2.24, 2.45) is 5.92 Å². The zero-order chi connectivity index (χ0) is 27.6. The maximum Gasteiger partial charge on any atom is 0.219 e. The van der Waals surface area contributed by atoms with Gasteiger partial charge in [-0.25, -0.2) is 4.39 Å². The van der Waals surface area contributed by atoms with Crippen molar-refractivity contribution in [2.45, 2.75) is 39.2 Å². The van der Waals surface area contributed by atoms with Gasteiger partial charge < -0.3 is 9.64 Å². The van der Waals surface area contributed by atoms with E-state index in [-0.39, 0.29) is 23.9 Å². The average molecular weight is 559 g/mol. The molecular formula is C31H31FN4O3S. The normalized spacial score (nSPS) is 15.9. The van der Waals surface area contributed by atoms with Crippen LogP contribution in [0.2, 0.25) is 0 Å². The van der Waals surface area contributed by atoms with Crippen molar-refractivity contribution in [1.29, 1.82) is 0 Å². The number of rotatable bonds is 9. The quantitative estimate of drug-likeness (QED) is 0.256. The van der Waals surface area contributed by atoms with Crippen LogP contribution in [0.4, 0.5) is 4.39 Å². The van der Waals surface area contributed by atoms with Gasteiger partial charge in [-0.15, -0.1) is 11.3 Å². The highest BCUT2D eigenvalue weighted by Crippen LogP contribution is 2.39. The lowest BCUT2D eigenvalue weighted by Crippen LogP contribution is -2.47. The Labute approximate surface area is 236 Å². The van der Waals surface area contributed by atoms with Gasteiger partial charge in [0.15, 0.2) is 11.6 Å². The van der Waals surface area contributed by atoms with Crippen molar-refractivity contribution >= 4 is 33.2 Å². The van der Waals surface area contributed by atoms with E-state index in [0.717, 1.165) is 71.9 Å². The molecule has 4 aromatic rings. The molecule has 1 aliphatic heterocycles. The number of fused-ring (bicyclic) bond motifs is 1. The Balaban J connectivity index is 1.13. The van der Waals surface area contributed by atoms with Gasteiger partial charge in [0.2, 0.25) is 5.91 Å². The van der Waals surface area contributed by atoms with Crippen LogP contribution < -0.4 is 4.74 Å². The number of ether oxygens (including phenoxy) is 1. The second-order valence-corrected chi connectivity index (χ2v) is 11.7. The molecule has 0 radical (unpaired) electrons. The molecule has 0 spiro atoms. The largest absolute Gasteiger partial charge is 0.453 e. The van der Waals surface area contributed by atoms with E-state index in [1.807, 2.05) is 23.2 Å². The second kappa shape index (κ2) is 11.4. The lowest BCUT2D eigenvalue weighted by atomic mass is 10.0. The number of carbonyl (C=O) groups is 2. The SMILES string of the molecule is CC(=O)N1CCN(Cc2ccc(-c3cc4nccc(Oc5ccc(CC(=O)CC6CC6)cc5F)c4s3)nc2)CC1. The van der Waals surface area contributed by atoms with Gasteiger partial charge in [-0.2, -0.15) is 0 Å². The van der Waals surface area contributed by atoms with Gasteiger partial charge in [-0.3, -0.25) is 24.5 Å². The van der Waals surface area contributed by atoms with Crippen molar-refractivity contribution in [2.75, 3.05) is 26.2 Å². The molecule has 1 aromatic carbocycles. The monoisotopic (exact) mass is 558 g/mol. The van der Waals surface area contributed by atoms with Gasteiger partial charge in [-0.05, 0) is 54.2 Å². The van der Waals surface area contributed by atoms with Crippen molar-refractivity contribution in [3.8, 4) is 22.1 Å².